The monoisotopic (exact) mass is 414 g/mol. The highest BCUT2D eigenvalue weighted by molar-refractivity contribution is 5.26. The number of rotatable bonds is 0. The summed E-state index contributed by atoms with van der Waals surface area (Å²) in [5, 5.41) is 10.3. The fourth-order valence-electron chi connectivity index (χ4n) is 9.66. The topological polar surface area (TPSA) is 38.7 Å². The van der Waals surface area contributed by atoms with Crippen LogP contribution in [-0.4, -0.2) is 29.7 Å². The zero-order valence-electron chi connectivity index (χ0n) is 19.5. The first-order chi connectivity index (χ1) is 14.3. The van der Waals surface area contributed by atoms with Gasteiger partial charge in [0.2, 0.25) is 0 Å². The maximum atomic E-state index is 10.3. The average molecular weight is 415 g/mol. The Morgan fingerprint density at radius 2 is 1.87 bits per heavy atom. The van der Waals surface area contributed by atoms with Crippen molar-refractivity contribution in [3.05, 3.63) is 11.6 Å². The second-order valence-corrected chi connectivity index (χ2v) is 12.7. The standard InChI is InChI=1S/C27H42O3/c1-16-7-12-27(29-15-16)17(2)24-23(30-27)14-22-20-6-5-18-13-19(28)8-10-25(18,3)21(20)9-11-26(22,24)4/h5,16-17,19-24,28H,6-15H2,1-4H3/t16-,17-,19-,20+,21-,22-,23+,24-,25-,26-,27+/m0/s1. The van der Waals surface area contributed by atoms with E-state index in [4.69, 9.17) is 9.47 Å². The normalized spacial score (nSPS) is 59.8. The van der Waals surface area contributed by atoms with Gasteiger partial charge in [0, 0.05) is 12.3 Å². The third kappa shape index (κ3) is 2.55. The van der Waals surface area contributed by atoms with Crippen LogP contribution in [0.3, 0.4) is 0 Å². The molecule has 0 aromatic heterocycles. The molecule has 0 unspecified atom stereocenters. The van der Waals surface area contributed by atoms with Gasteiger partial charge in [-0.15, -0.1) is 0 Å². The highest BCUT2D eigenvalue weighted by Crippen LogP contribution is 2.70. The molecule has 0 aromatic rings. The zero-order chi connectivity index (χ0) is 20.9. The molecule has 3 saturated carbocycles. The number of aliphatic hydroxyl groups is 1. The zero-order valence-corrected chi connectivity index (χ0v) is 19.5. The van der Waals surface area contributed by atoms with Gasteiger partial charge in [-0.25, -0.2) is 0 Å². The van der Waals surface area contributed by atoms with Crippen LogP contribution >= 0.6 is 0 Å². The fourth-order valence-corrected chi connectivity index (χ4v) is 9.66. The van der Waals surface area contributed by atoms with Gasteiger partial charge in [0.25, 0.3) is 0 Å². The molecule has 4 aliphatic carbocycles. The van der Waals surface area contributed by atoms with E-state index in [1.807, 2.05) is 0 Å². The lowest BCUT2D eigenvalue weighted by Gasteiger charge is -2.58. The molecule has 5 fully saturated rings. The summed E-state index contributed by atoms with van der Waals surface area (Å²) in [7, 11) is 0. The second-order valence-electron chi connectivity index (χ2n) is 12.7. The predicted octanol–water partition coefficient (Wildman–Crippen LogP) is 5.71. The summed E-state index contributed by atoms with van der Waals surface area (Å²) in [4.78, 5) is 0. The molecule has 3 nitrogen and oxygen atoms in total. The van der Waals surface area contributed by atoms with Crippen molar-refractivity contribution >= 4 is 0 Å². The van der Waals surface area contributed by atoms with E-state index in [0.717, 1.165) is 43.6 Å². The van der Waals surface area contributed by atoms with Crippen LogP contribution in [0.25, 0.3) is 0 Å². The molecule has 2 heterocycles. The third-order valence-electron chi connectivity index (χ3n) is 11.3. The summed E-state index contributed by atoms with van der Waals surface area (Å²) in [5.74, 6) is 3.94. The van der Waals surface area contributed by atoms with Crippen LogP contribution in [0, 0.1) is 46.3 Å². The van der Waals surface area contributed by atoms with Crippen LogP contribution in [0.1, 0.15) is 85.5 Å². The van der Waals surface area contributed by atoms with Gasteiger partial charge in [-0.2, -0.15) is 0 Å². The molecule has 1 spiro atoms. The summed E-state index contributed by atoms with van der Waals surface area (Å²) >= 11 is 0. The quantitative estimate of drug-likeness (QED) is 0.516. The smallest absolute Gasteiger partial charge is 0.171 e. The Bertz CT molecular complexity index is 736. The van der Waals surface area contributed by atoms with Crippen LogP contribution < -0.4 is 0 Å². The molecule has 2 aliphatic heterocycles. The number of hydrogen-bond acceptors (Lipinski definition) is 3. The van der Waals surface area contributed by atoms with Gasteiger partial charge in [-0.3, -0.25) is 0 Å². The van der Waals surface area contributed by atoms with Crippen LogP contribution in [0.4, 0.5) is 0 Å². The summed E-state index contributed by atoms with van der Waals surface area (Å²) in [6.45, 7) is 10.8. The first kappa shape index (κ1) is 20.2. The lowest BCUT2D eigenvalue weighted by atomic mass is 9.47. The van der Waals surface area contributed by atoms with Gasteiger partial charge < -0.3 is 14.6 Å². The van der Waals surface area contributed by atoms with Crippen LogP contribution in [0.15, 0.2) is 11.6 Å². The third-order valence-corrected chi connectivity index (χ3v) is 11.3. The van der Waals surface area contributed by atoms with Crippen molar-refractivity contribution in [2.75, 3.05) is 6.61 Å². The van der Waals surface area contributed by atoms with E-state index < -0.39 is 0 Å². The molecule has 6 aliphatic rings. The number of hydrogen-bond donors (Lipinski definition) is 1. The van der Waals surface area contributed by atoms with Crippen molar-refractivity contribution in [1.82, 2.24) is 0 Å². The first-order valence-electron chi connectivity index (χ1n) is 13.0. The van der Waals surface area contributed by atoms with E-state index in [0.29, 0.717) is 34.7 Å². The van der Waals surface area contributed by atoms with E-state index in [-0.39, 0.29) is 11.9 Å². The Balaban J connectivity index is 1.28. The molecule has 30 heavy (non-hydrogen) atoms. The fraction of sp³-hybridized carbons (Fsp3) is 0.926. The average Bonchev–Trinajstić information content (AvgIpc) is 3.16. The van der Waals surface area contributed by atoms with Crippen molar-refractivity contribution in [3.8, 4) is 0 Å². The Kier molecular flexibility index (Phi) is 4.44. The van der Waals surface area contributed by atoms with Gasteiger partial charge in [-0.05, 0) is 91.8 Å². The SMILES string of the molecule is C[C@H]1CC[C@@]2(OC1)O[C@@H]1C[C@H]3[C@@H]4CC=C5C[C@@H](O)CC[C@]5(C)[C@H]4CC[C@]3(C)[C@H]1[C@@H]2C. The Hall–Kier alpha value is -0.380. The largest absolute Gasteiger partial charge is 0.393 e. The highest BCUT2D eigenvalue weighted by atomic mass is 16.7. The molecular weight excluding hydrogens is 372 g/mol. The summed E-state index contributed by atoms with van der Waals surface area (Å²) in [6.07, 6.45) is 13.5. The van der Waals surface area contributed by atoms with Gasteiger partial charge >= 0.3 is 0 Å². The lowest BCUT2D eigenvalue weighted by Crippen LogP contribution is -2.52. The molecule has 0 radical (unpaired) electrons. The number of ether oxygens (including phenoxy) is 2. The molecule has 3 heteroatoms. The molecule has 6 rings (SSSR count). The van der Waals surface area contributed by atoms with Crippen molar-refractivity contribution in [2.45, 2.75) is 103 Å². The van der Waals surface area contributed by atoms with Crippen LogP contribution in [-0.2, 0) is 9.47 Å². The van der Waals surface area contributed by atoms with Gasteiger partial charge in [0.1, 0.15) is 0 Å². The van der Waals surface area contributed by atoms with Crippen molar-refractivity contribution < 1.29 is 14.6 Å². The minimum Gasteiger partial charge on any atom is -0.393 e. The van der Waals surface area contributed by atoms with E-state index in [9.17, 15) is 5.11 Å². The van der Waals surface area contributed by atoms with Crippen molar-refractivity contribution in [2.24, 2.45) is 46.3 Å². The molecule has 0 aromatic carbocycles. The minimum atomic E-state index is -0.294. The maximum absolute atomic E-state index is 10.3. The van der Waals surface area contributed by atoms with E-state index >= 15 is 0 Å². The van der Waals surface area contributed by atoms with Gasteiger partial charge in [0.05, 0.1) is 18.8 Å². The van der Waals surface area contributed by atoms with Gasteiger partial charge in [-0.1, -0.05) is 39.3 Å². The van der Waals surface area contributed by atoms with Gasteiger partial charge in [0.15, 0.2) is 5.79 Å². The molecule has 11 atom stereocenters. The molecule has 0 bridgehead atoms. The van der Waals surface area contributed by atoms with E-state index in [1.54, 1.807) is 5.57 Å². The predicted molar refractivity (Wildman–Crippen MR) is 118 cm³/mol. The number of fused-ring (bicyclic) bond motifs is 7. The number of allylic oxidation sites excluding steroid dienone is 1. The summed E-state index contributed by atoms with van der Waals surface area (Å²) in [6, 6.07) is 0. The first-order valence-corrected chi connectivity index (χ1v) is 13.0. The summed E-state index contributed by atoms with van der Waals surface area (Å²) < 4.78 is 13.3. The lowest BCUT2D eigenvalue weighted by molar-refractivity contribution is -0.272. The van der Waals surface area contributed by atoms with Crippen molar-refractivity contribution in [1.29, 1.82) is 0 Å². The minimum absolute atomic E-state index is 0.107. The maximum Gasteiger partial charge on any atom is 0.171 e. The Morgan fingerprint density at radius 3 is 2.63 bits per heavy atom. The van der Waals surface area contributed by atoms with Crippen molar-refractivity contribution in [3.63, 3.8) is 0 Å². The molecule has 0 amide bonds. The van der Waals surface area contributed by atoms with Crippen LogP contribution in [0.2, 0.25) is 0 Å². The van der Waals surface area contributed by atoms with E-state index in [2.05, 4.69) is 33.8 Å². The molecule has 168 valence electrons. The van der Waals surface area contributed by atoms with E-state index in [1.165, 1.54) is 38.5 Å². The molecule has 2 saturated heterocycles. The van der Waals surface area contributed by atoms with Crippen LogP contribution in [0.5, 0.6) is 0 Å². The molecular formula is C27H42O3. The highest BCUT2D eigenvalue weighted by Gasteiger charge is 2.68. The summed E-state index contributed by atoms with van der Waals surface area (Å²) in [5.41, 5.74) is 2.31. The Morgan fingerprint density at radius 1 is 1.03 bits per heavy atom. The molecule has 1 N–H and O–H groups in total. The number of aliphatic hydroxyl groups excluding tert-OH is 1. The second kappa shape index (κ2) is 6.58. The Labute approximate surface area is 183 Å².